The van der Waals surface area contributed by atoms with Crippen LogP contribution in [0.2, 0.25) is 0 Å². The van der Waals surface area contributed by atoms with Gasteiger partial charge < -0.3 is 15.0 Å². The van der Waals surface area contributed by atoms with E-state index < -0.39 is 0 Å². The van der Waals surface area contributed by atoms with Crippen LogP contribution < -0.4 is 15.4 Å². The van der Waals surface area contributed by atoms with Crippen LogP contribution in [0, 0.1) is 0 Å². The molecule has 0 aliphatic heterocycles. The van der Waals surface area contributed by atoms with E-state index in [0.717, 1.165) is 11.3 Å². The Kier molecular flexibility index (Phi) is 7.31. The average Bonchev–Trinajstić information content (AvgIpc) is 2.64. The van der Waals surface area contributed by atoms with E-state index in [-0.39, 0.29) is 16.9 Å². The number of thiocarbonyl (C=S) groups is 1. The molecule has 2 rings (SSSR count). The van der Waals surface area contributed by atoms with E-state index in [1.165, 1.54) is 0 Å². The zero-order valence-corrected chi connectivity index (χ0v) is 16.4. The molecule has 0 spiro atoms. The fourth-order valence-corrected chi connectivity index (χ4v) is 2.46. The molecular weight excluding hydrogens is 362 g/mol. The first-order chi connectivity index (χ1) is 12.9. The zero-order chi connectivity index (χ0) is 19.8. The summed E-state index contributed by atoms with van der Waals surface area (Å²) >= 11 is 5.19. The Morgan fingerprint density at radius 2 is 1.67 bits per heavy atom. The Morgan fingerprint density at radius 1 is 1.04 bits per heavy atom. The van der Waals surface area contributed by atoms with Crippen LogP contribution >= 0.6 is 12.2 Å². The van der Waals surface area contributed by atoms with Gasteiger partial charge in [-0.15, -0.1) is 0 Å². The number of ether oxygens (including phenoxy) is 1. The van der Waals surface area contributed by atoms with E-state index in [1.807, 2.05) is 31.2 Å². The predicted octanol–water partition coefficient (Wildman–Crippen LogP) is 2.84. The van der Waals surface area contributed by atoms with Crippen LogP contribution in [0.4, 0.5) is 5.69 Å². The Hall–Kier alpha value is -2.93. The lowest BCUT2D eigenvalue weighted by Gasteiger charge is -2.12. The van der Waals surface area contributed by atoms with Gasteiger partial charge in [-0.3, -0.25) is 14.9 Å². The number of carbonyl (C=O) groups excluding carboxylic acids is 2. The molecule has 0 fully saturated rings. The van der Waals surface area contributed by atoms with Gasteiger partial charge in [0.1, 0.15) is 5.75 Å². The summed E-state index contributed by atoms with van der Waals surface area (Å²) in [5, 5.41) is 5.79. The largest absolute Gasteiger partial charge is 0.494 e. The molecule has 0 saturated heterocycles. The lowest BCUT2D eigenvalue weighted by Crippen LogP contribution is -2.34. The van der Waals surface area contributed by atoms with Crippen molar-refractivity contribution in [1.29, 1.82) is 0 Å². The molecule has 6 nitrogen and oxygen atoms in total. The number of carbonyl (C=O) groups is 2. The fraction of sp³-hybridized carbons (Fsp3) is 0.250. The third kappa shape index (κ3) is 6.38. The second-order valence-corrected chi connectivity index (χ2v) is 6.44. The summed E-state index contributed by atoms with van der Waals surface area (Å²) in [5.74, 6) is 0.445. The number of hydrogen-bond donors (Lipinski definition) is 2. The van der Waals surface area contributed by atoms with Crippen LogP contribution in [0.25, 0.3) is 0 Å². The van der Waals surface area contributed by atoms with Gasteiger partial charge in [0, 0.05) is 25.3 Å². The molecule has 0 bridgehead atoms. The van der Waals surface area contributed by atoms with Gasteiger partial charge in [0.05, 0.1) is 13.0 Å². The maximum absolute atomic E-state index is 12.2. The Balaban J connectivity index is 1.89. The molecule has 0 atom stereocenters. The monoisotopic (exact) mass is 385 g/mol. The second-order valence-electron chi connectivity index (χ2n) is 6.03. The quantitative estimate of drug-likeness (QED) is 0.749. The Bertz CT molecular complexity index is 802. The highest BCUT2D eigenvalue weighted by molar-refractivity contribution is 7.80. The number of rotatable bonds is 6. The molecule has 2 amide bonds. The van der Waals surface area contributed by atoms with E-state index in [0.29, 0.717) is 24.3 Å². The van der Waals surface area contributed by atoms with Crippen molar-refractivity contribution >= 4 is 34.8 Å². The van der Waals surface area contributed by atoms with Crippen molar-refractivity contribution in [3.05, 3.63) is 59.7 Å². The summed E-state index contributed by atoms with van der Waals surface area (Å²) < 4.78 is 5.35. The number of anilines is 1. The summed E-state index contributed by atoms with van der Waals surface area (Å²) in [6.07, 6.45) is 0.339. The standard InChI is InChI=1S/C20H23N3O3S/c1-4-26-17-11-7-15(8-12-17)19(25)22-20(27)21-16-9-5-14(6-10-16)13-18(24)23(2)3/h5-12H,4,13H2,1-3H3,(H2,21,22,25,27). The smallest absolute Gasteiger partial charge is 0.257 e. The molecule has 0 unspecified atom stereocenters. The zero-order valence-electron chi connectivity index (χ0n) is 15.6. The SMILES string of the molecule is CCOc1ccc(C(=O)NC(=S)Nc2ccc(CC(=O)N(C)C)cc2)cc1. The van der Waals surface area contributed by atoms with E-state index in [9.17, 15) is 9.59 Å². The molecule has 0 saturated carbocycles. The minimum atomic E-state index is -0.302. The molecular formula is C20H23N3O3S. The van der Waals surface area contributed by atoms with E-state index in [2.05, 4.69) is 10.6 Å². The van der Waals surface area contributed by atoms with E-state index in [4.69, 9.17) is 17.0 Å². The third-order valence-electron chi connectivity index (χ3n) is 3.72. The van der Waals surface area contributed by atoms with Gasteiger partial charge in [-0.05, 0) is 61.1 Å². The van der Waals surface area contributed by atoms with Gasteiger partial charge in [-0.2, -0.15) is 0 Å². The van der Waals surface area contributed by atoms with Crippen molar-refractivity contribution in [1.82, 2.24) is 10.2 Å². The highest BCUT2D eigenvalue weighted by Crippen LogP contribution is 2.13. The van der Waals surface area contributed by atoms with Gasteiger partial charge in [0.25, 0.3) is 5.91 Å². The molecule has 0 aliphatic carbocycles. The number of benzene rings is 2. The highest BCUT2D eigenvalue weighted by Gasteiger charge is 2.09. The maximum atomic E-state index is 12.2. The van der Waals surface area contributed by atoms with Gasteiger partial charge in [-0.25, -0.2) is 0 Å². The topological polar surface area (TPSA) is 70.7 Å². The number of amides is 2. The van der Waals surface area contributed by atoms with Crippen LogP contribution in [0.3, 0.4) is 0 Å². The van der Waals surface area contributed by atoms with Crippen molar-refractivity contribution in [2.45, 2.75) is 13.3 Å². The molecule has 0 heterocycles. The number of nitrogens with one attached hydrogen (secondary N) is 2. The summed E-state index contributed by atoms with van der Waals surface area (Å²) in [5.41, 5.74) is 2.12. The summed E-state index contributed by atoms with van der Waals surface area (Å²) in [6, 6.07) is 14.2. The van der Waals surface area contributed by atoms with Crippen LogP contribution in [0.1, 0.15) is 22.8 Å². The maximum Gasteiger partial charge on any atom is 0.257 e. The molecule has 2 aromatic carbocycles. The molecule has 0 aliphatic rings. The average molecular weight is 385 g/mol. The van der Waals surface area contributed by atoms with E-state index in [1.54, 1.807) is 43.3 Å². The van der Waals surface area contributed by atoms with Crippen molar-refractivity contribution < 1.29 is 14.3 Å². The van der Waals surface area contributed by atoms with Crippen molar-refractivity contribution in [2.75, 3.05) is 26.0 Å². The molecule has 0 radical (unpaired) electrons. The van der Waals surface area contributed by atoms with Crippen molar-refractivity contribution in [3.8, 4) is 5.75 Å². The number of likely N-dealkylation sites (N-methyl/N-ethyl adjacent to an activating group) is 1. The van der Waals surface area contributed by atoms with Crippen LogP contribution in [-0.2, 0) is 11.2 Å². The molecule has 0 aromatic heterocycles. The molecule has 142 valence electrons. The van der Waals surface area contributed by atoms with Crippen LogP contribution in [0.15, 0.2) is 48.5 Å². The fourth-order valence-electron chi connectivity index (χ4n) is 2.25. The van der Waals surface area contributed by atoms with Gasteiger partial charge in [0.15, 0.2) is 5.11 Å². The Labute approximate surface area is 164 Å². The number of nitrogens with zero attached hydrogens (tertiary/aromatic N) is 1. The van der Waals surface area contributed by atoms with Crippen LogP contribution in [-0.4, -0.2) is 42.5 Å². The van der Waals surface area contributed by atoms with Crippen molar-refractivity contribution in [3.63, 3.8) is 0 Å². The van der Waals surface area contributed by atoms with Gasteiger partial charge >= 0.3 is 0 Å². The lowest BCUT2D eigenvalue weighted by molar-refractivity contribution is -0.127. The lowest BCUT2D eigenvalue weighted by atomic mass is 10.1. The normalized spacial score (nSPS) is 10.0. The Morgan fingerprint density at radius 3 is 2.22 bits per heavy atom. The first-order valence-electron chi connectivity index (χ1n) is 8.53. The third-order valence-corrected chi connectivity index (χ3v) is 3.92. The van der Waals surface area contributed by atoms with Crippen molar-refractivity contribution in [2.24, 2.45) is 0 Å². The molecule has 2 aromatic rings. The molecule has 2 N–H and O–H groups in total. The summed E-state index contributed by atoms with van der Waals surface area (Å²) in [6.45, 7) is 2.47. The summed E-state index contributed by atoms with van der Waals surface area (Å²) in [7, 11) is 3.45. The first kappa shape index (κ1) is 20.4. The van der Waals surface area contributed by atoms with Crippen LogP contribution in [0.5, 0.6) is 5.75 Å². The van der Waals surface area contributed by atoms with Gasteiger partial charge in [0.2, 0.25) is 5.91 Å². The minimum Gasteiger partial charge on any atom is -0.494 e. The van der Waals surface area contributed by atoms with Gasteiger partial charge in [-0.1, -0.05) is 12.1 Å². The molecule has 7 heteroatoms. The second kappa shape index (κ2) is 9.68. The molecule has 27 heavy (non-hydrogen) atoms. The highest BCUT2D eigenvalue weighted by atomic mass is 32.1. The minimum absolute atomic E-state index is 0.0360. The summed E-state index contributed by atoms with van der Waals surface area (Å²) in [4.78, 5) is 25.5. The first-order valence-corrected chi connectivity index (χ1v) is 8.94. The predicted molar refractivity (Wildman–Crippen MR) is 110 cm³/mol. The number of hydrogen-bond acceptors (Lipinski definition) is 4. The van der Waals surface area contributed by atoms with E-state index >= 15 is 0 Å².